The minimum atomic E-state index is -1.02. The molecule has 1 aliphatic carbocycles. The lowest BCUT2D eigenvalue weighted by Gasteiger charge is -2.38. The number of hydrogen-bond donors (Lipinski definition) is 5. The highest BCUT2D eigenvalue weighted by Crippen LogP contribution is 2.38. The lowest BCUT2D eigenvalue weighted by molar-refractivity contribution is -0.0278. The number of amides is 1. The number of carbonyl (C=O) groups excluding carboxylic acids is 1. The van der Waals surface area contributed by atoms with Crippen LogP contribution in [0.15, 0.2) is 41.3 Å². The second kappa shape index (κ2) is 9.62. The average molecular weight is 416 g/mol. The molecule has 1 aromatic heterocycles. The molecule has 1 amide bonds. The fourth-order valence-corrected chi connectivity index (χ4v) is 4.62. The Balaban J connectivity index is 1.77. The van der Waals surface area contributed by atoms with Crippen molar-refractivity contribution in [3.05, 3.63) is 58.3 Å². The van der Waals surface area contributed by atoms with Gasteiger partial charge in [0.05, 0.1) is 11.7 Å². The Morgan fingerprint density at radius 1 is 1.23 bits per heavy atom. The number of aromatic amines is 2. The number of aliphatic hydroxyl groups excluding tert-OH is 1. The van der Waals surface area contributed by atoms with E-state index in [1.165, 1.54) is 6.20 Å². The molecule has 0 saturated heterocycles. The van der Waals surface area contributed by atoms with Crippen LogP contribution in [0, 0.1) is 11.8 Å². The van der Waals surface area contributed by atoms with Crippen molar-refractivity contribution in [2.24, 2.45) is 11.8 Å². The minimum absolute atomic E-state index is 0.0285. The standard InChI is InChI=1S/C23H33N3O4/c1-15-8-9-18(13-24-21(28)20-14-25-22(29)26-20)23(2,30)12-17(11-19(27)10-15)16-6-4-3-5-7-16/h3-7,14-15,17-19,27,30H,8-13H2,1-2H3,(H,24,28)(H2,25,26,29)/t15-,17-,18+,19+,23-/m1/s1. The van der Waals surface area contributed by atoms with Gasteiger partial charge < -0.3 is 25.5 Å². The molecule has 0 radical (unpaired) electrons. The highest BCUT2D eigenvalue weighted by molar-refractivity contribution is 5.91. The molecule has 30 heavy (non-hydrogen) atoms. The van der Waals surface area contributed by atoms with Gasteiger partial charge >= 0.3 is 5.69 Å². The summed E-state index contributed by atoms with van der Waals surface area (Å²) >= 11 is 0. The Hall–Kier alpha value is -2.38. The van der Waals surface area contributed by atoms with E-state index in [1.54, 1.807) is 0 Å². The lowest BCUT2D eigenvalue weighted by atomic mass is 9.73. The predicted molar refractivity (Wildman–Crippen MR) is 115 cm³/mol. The Morgan fingerprint density at radius 2 is 1.97 bits per heavy atom. The summed E-state index contributed by atoms with van der Waals surface area (Å²) in [5, 5.41) is 24.9. The summed E-state index contributed by atoms with van der Waals surface area (Å²) in [6.07, 6.45) is 4.39. The molecule has 3 rings (SSSR count). The molecule has 1 fully saturated rings. The number of H-pyrrole nitrogens is 2. The number of rotatable bonds is 4. The first kappa shape index (κ1) is 22.3. The summed E-state index contributed by atoms with van der Waals surface area (Å²) in [7, 11) is 0. The van der Waals surface area contributed by atoms with E-state index in [4.69, 9.17) is 0 Å². The smallest absolute Gasteiger partial charge is 0.323 e. The summed E-state index contributed by atoms with van der Waals surface area (Å²) in [5.74, 6) is -0.161. The quantitative estimate of drug-likeness (QED) is 0.527. The maximum absolute atomic E-state index is 12.4. The largest absolute Gasteiger partial charge is 0.393 e. The zero-order chi connectivity index (χ0) is 21.7. The van der Waals surface area contributed by atoms with Gasteiger partial charge in [-0.15, -0.1) is 0 Å². The fraction of sp³-hybridized carbons (Fsp3) is 0.565. The zero-order valence-electron chi connectivity index (χ0n) is 17.7. The van der Waals surface area contributed by atoms with Gasteiger partial charge in [0.1, 0.15) is 5.69 Å². The molecule has 0 aliphatic heterocycles. The van der Waals surface area contributed by atoms with E-state index >= 15 is 0 Å². The molecule has 0 spiro atoms. The lowest BCUT2D eigenvalue weighted by Crippen LogP contribution is -2.44. The van der Waals surface area contributed by atoms with Gasteiger partial charge in [-0.1, -0.05) is 43.7 Å². The Labute approximate surface area is 176 Å². The molecule has 1 heterocycles. The molecule has 164 valence electrons. The van der Waals surface area contributed by atoms with Crippen LogP contribution < -0.4 is 11.0 Å². The second-order valence-electron chi connectivity index (χ2n) is 9.04. The van der Waals surface area contributed by atoms with Gasteiger partial charge in [-0.2, -0.15) is 0 Å². The molecule has 1 aliphatic rings. The zero-order valence-corrected chi connectivity index (χ0v) is 17.7. The summed E-state index contributed by atoms with van der Waals surface area (Å²) in [6.45, 7) is 4.27. The van der Waals surface area contributed by atoms with Crippen LogP contribution in [-0.4, -0.2) is 44.3 Å². The first-order valence-corrected chi connectivity index (χ1v) is 10.8. The number of nitrogens with one attached hydrogen (secondary N) is 3. The van der Waals surface area contributed by atoms with Crippen molar-refractivity contribution in [1.82, 2.24) is 15.3 Å². The van der Waals surface area contributed by atoms with Crippen LogP contribution in [0.2, 0.25) is 0 Å². The van der Waals surface area contributed by atoms with Crippen molar-refractivity contribution in [3.63, 3.8) is 0 Å². The first-order valence-electron chi connectivity index (χ1n) is 10.8. The molecule has 0 unspecified atom stereocenters. The molecule has 2 aromatic rings. The molecule has 5 atom stereocenters. The Kier molecular flexibility index (Phi) is 7.15. The summed E-state index contributed by atoms with van der Waals surface area (Å²) in [4.78, 5) is 28.5. The molecular formula is C23H33N3O4. The van der Waals surface area contributed by atoms with Crippen LogP contribution in [0.4, 0.5) is 0 Å². The van der Waals surface area contributed by atoms with Crippen molar-refractivity contribution in [2.75, 3.05) is 6.54 Å². The summed E-state index contributed by atoms with van der Waals surface area (Å²) < 4.78 is 0. The van der Waals surface area contributed by atoms with Gasteiger partial charge in [0.2, 0.25) is 0 Å². The number of hydrogen-bond acceptors (Lipinski definition) is 4. The molecule has 0 bridgehead atoms. The van der Waals surface area contributed by atoms with Crippen LogP contribution in [0.1, 0.15) is 67.9 Å². The summed E-state index contributed by atoms with van der Waals surface area (Å²) in [5.41, 5.74) is -0.157. The number of carbonyl (C=O) groups is 1. The Morgan fingerprint density at radius 3 is 2.63 bits per heavy atom. The van der Waals surface area contributed by atoms with Crippen molar-refractivity contribution in [1.29, 1.82) is 0 Å². The molecule has 5 N–H and O–H groups in total. The predicted octanol–water partition coefficient (Wildman–Crippen LogP) is 2.54. The molecular weight excluding hydrogens is 382 g/mol. The van der Waals surface area contributed by atoms with E-state index in [9.17, 15) is 19.8 Å². The highest BCUT2D eigenvalue weighted by atomic mass is 16.3. The van der Waals surface area contributed by atoms with Crippen LogP contribution in [0.25, 0.3) is 0 Å². The van der Waals surface area contributed by atoms with E-state index < -0.39 is 17.4 Å². The third-order valence-electron chi connectivity index (χ3n) is 6.40. The van der Waals surface area contributed by atoms with Gasteiger partial charge in [0, 0.05) is 18.7 Å². The van der Waals surface area contributed by atoms with Crippen molar-refractivity contribution in [2.45, 2.75) is 63.6 Å². The third kappa shape index (κ3) is 5.83. The molecule has 1 saturated carbocycles. The van der Waals surface area contributed by atoms with Crippen molar-refractivity contribution >= 4 is 5.91 Å². The number of benzene rings is 1. The van der Waals surface area contributed by atoms with E-state index in [1.807, 2.05) is 37.3 Å². The third-order valence-corrected chi connectivity index (χ3v) is 6.40. The summed E-state index contributed by atoms with van der Waals surface area (Å²) in [6, 6.07) is 10.0. The van der Waals surface area contributed by atoms with Crippen molar-refractivity contribution < 1.29 is 15.0 Å². The van der Waals surface area contributed by atoms with Crippen LogP contribution in [0.5, 0.6) is 0 Å². The van der Waals surface area contributed by atoms with Crippen LogP contribution in [0.3, 0.4) is 0 Å². The van der Waals surface area contributed by atoms with Gasteiger partial charge in [0.25, 0.3) is 5.91 Å². The maximum atomic E-state index is 12.4. The van der Waals surface area contributed by atoms with E-state index in [0.29, 0.717) is 25.3 Å². The minimum Gasteiger partial charge on any atom is -0.393 e. The number of aromatic nitrogens is 2. The SMILES string of the molecule is C[C@@H]1CC[C@@H](CNC(=O)c2c[nH]c(=O)[nH]2)[C@](C)(O)C[C@H](c2ccccc2)C[C@@H](O)C1. The van der Waals surface area contributed by atoms with E-state index in [2.05, 4.69) is 22.2 Å². The maximum Gasteiger partial charge on any atom is 0.323 e. The van der Waals surface area contributed by atoms with Gasteiger partial charge in [-0.05, 0) is 50.0 Å². The number of imidazole rings is 1. The number of aliphatic hydroxyl groups is 2. The van der Waals surface area contributed by atoms with Gasteiger partial charge in [0.15, 0.2) is 0 Å². The van der Waals surface area contributed by atoms with Gasteiger partial charge in [-0.3, -0.25) is 4.79 Å². The molecule has 7 heteroatoms. The van der Waals surface area contributed by atoms with Crippen LogP contribution in [-0.2, 0) is 0 Å². The fourth-order valence-electron chi connectivity index (χ4n) is 4.62. The molecule has 1 aromatic carbocycles. The molecule has 7 nitrogen and oxygen atoms in total. The normalized spacial score (nSPS) is 30.5. The first-order chi connectivity index (χ1) is 14.2. The van der Waals surface area contributed by atoms with E-state index in [-0.39, 0.29) is 23.4 Å². The second-order valence-corrected chi connectivity index (χ2v) is 9.04. The monoisotopic (exact) mass is 415 g/mol. The highest BCUT2D eigenvalue weighted by Gasteiger charge is 2.37. The van der Waals surface area contributed by atoms with Crippen molar-refractivity contribution in [3.8, 4) is 0 Å². The Bertz CT molecular complexity index is 874. The van der Waals surface area contributed by atoms with Crippen LogP contribution >= 0.6 is 0 Å². The topological polar surface area (TPSA) is 118 Å². The van der Waals surface area contributed by atoms with Gasteiger partial charge in [-0.25, -0.2) is 4.79 Å². The van der Waals surface area contributed by atoms with E-state index in [0.717, 1.165) is 24.8 Å². The average Bonchev–Trinajstić information content (AvgIpc) is 3.13.